The van der Waals surface area contributed by atoms with Gasteiger partial charge in [-0.15, -0.1) is 0 Å². The lowest BCUT2D eigenvalue weighted by Gasteiger charge is -2.43. The van der Waals surface area contributed by atoms with E-state index in [1.807, 2.05) is 59.6 Å². The van der Waals surface area contributed by atoms with E-state index in [9.17, 15) is 4.79 Å². The Kier molecular flexibility index (Phi) is 4.74. The van der Waals surface area contributed by atoms with Gasteiger partial charge in [0.05, 0.1) is 30.8 Å². The van der Waals surface area contributed by atoms with E-state index in [1.165, 1.54) is 5.57 Å². The van der Waals surface area contributed by atoms with Gasteiger partial charge in [-0.3, -0.25) is 9.88 Å². The van der Waals surface area contributed by atoms with Gasteiger partial charge in [0.1, 0.15) is 6.61 Å². The maximum absolute atomic E-state index is 12.8. The third-order valence-electron chi connectivity index (χ3n) is 5.58. The van der Waals surface area contributed by atoms with Crippen molar-refractivity contribution in [2.45, 2.75) is 25.1 Å². The van der Waals surface area contributed by atoms with Crippen LogP contribution in [0.2, 0.25) is 0 Å². The number of hydrogen-bond acceptors (Lipinski definition) is 4. The second-order valence-electron chi connectivity index (χ2n) is 7.52. The molecule has 5 rings (SSSR count). The van der Waals surface area contributed by atoms with Crippen LogP contribution in [-0.4, -0.2) is 41.3 Å². The van der Waals surface area contributed by atoms with Gasteiger partial charge in [-0.25, -0.2) is 4.79 Å². The number of carbonyl (C=O) groups excluding carboxylic acids is 1. The highest BCUT2D eigenvalue weighted by atomic mass is 16.6. The number of ether oxygens (including phenoxy) is 2. The lowest BCUT2D eigenvalue weighted by Crippen LogP contribution is -2.56. The Morgan fingerprint density at radius 2 is 1.93 bits per heavy atom. The monoisotopic (exact) mass is 386 g/mol. The molecule has 2 aliphatic heterocycles. The van der Waals surface area contributed by atoms with Crippen LogP contribution in [0.4, 0.5) is 4.79 Å². The number of morpholine rings is 1. The van der Waals surface area contributed by atoms with E-state index in [1.54, 1.807) is 0 Å². The standard InChI is InChI=1S/C24H22N2O3/c27-24(29-14-17-6-2-1-3-7-17)26-21-11-19(12-22(26)16-28-15-21)20-10-18-8-4-5-9-23(18)25-13-20/h1-11,13,21-22H,12,14-16H2. The number of hydrogen-bond donors (Lipinski definition) is 0. The van der Waals surface area contributed by atoms with Crippen molar-refractivity contribution in [3.8, 4) is 0 Å². The van der Waals surface area contributed by atoms with Crippen molar-refractivity contribution in [1.82, 2.24) is 9.88 Å². The zero-order chi connectivity index (χ0) is 19.6. The molecule has 0 spiro atoms. The first-order valence-electron chi connectivity index (χ1n) is 9.90. The second-order valence-corrected chi connectivity index (χ2v) is 7.52. The van der Waals surface area contributed by atoms with Gasteiger partial charge in [0.25, 0.3) is 0 Å². The zero-order valence-corrected chi connectivity index (χ0v) is 16.0. The second kappa shape index (κ2) is 7.68. The van der Waals surface area contributed by atoms with E-state index < -0.39 is 0 Å². The maximum atomic E-state index is 12.8. The Balaban J connectivity index is 1.36. The summed E-state index contributed by atoms with van der Waals surface area (Å²) in [5.74, 6) is 0. The third-order valence-corrected chi connectivity index (χ3v) is 5.58. The van der Waals surface area contributed by atoms with Crippen LogP contribution in [0.25, 0.3) is 16.5 Å². The molecule has 146 valence electrons. The molecule has 3 heterocycles. The SMILES string of the molecule is O=C(OCc1ccccc1)N1C2C=C(c3cnc4ccccc4c3)CC1COC2. The molecule has 2 unspecified atom stereocenters. The lowest BCUT2D eigenvalue weighted by molar-refractivity contribution is -0.0342. The van der Waals surface area contributed by atoms with E-state index >= 15 is 0 Å². The summed E-state index contributed by atoms with van der Waals surface area (Å²) in [5, 5.41) is 1.12. The number of benzene rings is 2. The van der Waals surface area contributed by atoms with Gasteiger partial charge >= 0.3 is 6.09 Å². The van der Waals surface area contributed by atoms with Crippen molar-refractivity contribution < 1.29 is 14.3 Å². The molecule has 5 heteroatoms. The fourth-order valence-corrected chi connectivity index (χ4v) is 4.14. The number of para-hydroxylation sites is 1. The van der Waals surface area contributed by atoms with Crippen LogP contribution in [0, 0.1) is 0 Å². The van der Waals surface area contributed by atoms with Gasteiger partial charge in [0.15, 0.2) is 0 Å². The number of fused-ring (bicyclic) bond motifs is 3. The topological polar surface area (TPSA) is 51.7 Å². The predicted octanol–water partition coefficient (Wildman–Crippen LogP) is 4.43. The minimum absolute atomic E-state index is 0.0245. The molecular weight excluding hydrogens is 364 g/mol. The molecule has 2 atom stereocenters. The third kappa shape index (κ3) is 3.61. The summed E-state index contributed by atoms with van der Waals surface area (Å²) in [4.78, 5) is 19.2. The number of carbonyl (C=O) groups is 1. The normalized spacial score (nSPS) is 21.0. The summed E-state index contributed by atoms with van der Waals surface area (Å²) >= 11 is 0. The van der Waals surface area contributed by atoms with Crippen LogP contribution < -0.4 is 0 Å². The highest BCUT2D eigenvalue weighted by Gasteiger charge is 2.39. The number of aromatic nitrogens is 1. The van der Waals surface area contributed by atoms with E-state index in [0.717, 1.165) is 28.5 Å². The fraction of sp³-hybridized carbons (Fsp3) is 0.250. The fourth-order valence-electron chi connectivity index (χ4n) is 4.14. The maximum Gasteiger partial charge on any atom is 0.411 e. The van der Waals surface area contributed by atoms with Gasteiger partial charge in [0.2, 0.25) is 0 Å². The van der Waals surface area contributed by atoms with Crippen molar-refractivity contribution in [2.24, 2.45) is 0 Å². The van der Waals surface area contributed by atoms with E-state index in [2.05, 4.69) is 23.2 Å². The van der Waals surface area contributed by atoms with E-state index in [-0.39, 0.29) is 24.8 Å². The lowest BCUT2D eigenvalue weighted by atomic mass is 9.90. The van der Waals surface area contributed by atoms with Crippen molar-refractivity contribution in [3.63, 3.8) is 0 Å². The van der Waals surface area contributed by atoms with Crippen molar-refractivity contribution >= 4 is 22.6 Å². The number of nitrogens with zero attached hydrogens (tertiary/aromatic N) is 2. The van der Waals surface area contributed by atoms with E-state index in [0.29, 0.717) is 13.2 Å². The molecule has 5 nitrogen and oxygen atoms in total. The van der Waals surface area contributed by atoms with E-state index in [4.69, 9.17) is 9.47 Å². The van der Waals surface area contributed by atoms with Gasteiger partial charge in [-0.2, -0.15) is 0 Å². The minimum Gasteiger partial charge on any atom is -0.445 e. The average molecular weight is 386 g/mol. The molecule has 1 saturated heterocycles. The number of rotatable bonds is 3. The zero-order valence-electron chi connectivity index (χ0n) is 16.0. The van der Waals surface area contributed by atoms with Gasteiger partial charge in [-0.05, 0) is 35.3 Å². The Morgan fingerprint density at radius 1 is 1.10 bits per heavy atom. The molecule has 29 heavy (non-hydrogen) atoms. The quantitative estimate of drug-likeness (QED) is 0.668. The Hall–Kier alpha value is -3.18. The first-order valence-corrected chi connectivity index (χ1v) is 9.90. The van der Waals surface area contributed by atoms with Crippen LogP contribution in [0.1, 0.15) is 17.5 Å². The van der Waals surface area contributed by atoms with Crippen molar-refractivity contribution in [2.75, 3.05) is 13.2 Å². The largest absolute Gasteiger partial charge is 0.445 e. The highest BCUT2D eigenvalue weighted by molar-refractivity contribution is 5.83. The van der Waals surface area contributed by atoms with Gasteiger partial charge < -0.3 is 9.47 Å². The highest BCUT2D eigenvalue weighted by Crippen LogP contribution is 2.33. The summed E-state index contributed by atoms with van der Waals surface area (Å²) in [6.07, 6.45) is 4.51. The molecule has 2 bridgehead atoms. The molecular formula is C24H22N2O3. The van der Waals surface area contributed by atoms with Gasteiger partial charge in [-0.1, -0.05) is 54.6 Å². The minimum atomic E-state index is -0.279. The molecule has 2 aliphatic rings. The van der Waals surface area contributed by atoms with Crippen LogP contribution in [0.3, 0.4) is 0 Å². The molecule has 0 aliphatic carbocycles. The number of pyridine rings is 1. The molecule has 0 radical (unpaired) electrons. The van der Waals surface area contributed by atoms with Gasteiger partial charge in [0, 0.05) is 11.6 Å². The number of amides is 1. The van der Waals surface area contributed by atoms with Crippen LogP contribution in [0.5, 0.6) is 0 Å². The molecule has 1 amide bonds. The van der Waals surface area contributed by atoms with Crippen molar-refractivity contribution in [1.29, 1.82) is 0 Å². The first-order chi connectivity index (χ1) is 14.3. The predicted molar refractivity (Wildman–Crippen MR) is 111 cm³/mol. The first kappa shape index (κ1) is 17.9. The molecule has 2 aromatic carbocycles. The smallest absolute Gasteiger partial charge is 0.411 e. The molecule has 1 aromatic heterocycles. The summed E-state index contributed by atoms with van der Waals surface area (Å²) in [6.45, 7) is 1.29. The Labute approximate surface area is 169 Å². The van der Waals surface area contributed by atoms with Crippen LogP contribution >= 0.6 is 0 Å². The molecule has 0 saturated carbocycles. The summed E-state index contributed by atoms with van der Waals surface area (Å²) < 4.78 is 11.3. The molecule has 0 N–H and O–H groups in total. The summed E-state index contributed by atoms with van der Waals surface area (Å²) in [6, 6.07) is 19.9. The van der Waals surface area contributed by atoms with Crippen LogP contribution in [-0.2, 0) is 16.1 Å². The molecule has 1 fully saturated rings. The Bertz CT molecular complexity index is 1060. The van der Waals surface area contributed by atoms with Crippen molar-refractivity contribution in [3.05, 3.63) is 84.1 Å². The average Bonchev–Trinajstić information content (AvgIpc) is 2.77. The molecule has 3 aromatic rings. The summed E-state index contributed by atoms with van der Waals surface area (Å²) in [7, 11) is 0. The van der Waals surface area contributed by atoms with Crippen LogP contribution in [0.15, 0.2) is 72.9 Å². The Morgan fingerprint density at radius 3 is 2.79 bits per heavy atom. The summed E-state index contributed by atoms with van der Waals surface area (Å²) in [5.41, 5.74) is 4.30.